The average Bonchev–Trinajstić information content (AvgIpc) is 2.99. The van der Waals surface area contributed by atoms with Crippen LogP contribution in [0.15, 0.2) is 29.4 Å². The lowest BCUT2D eigenvalue weighted by atomic mass is 9.88. The molecule has 1 fully saturated rings. The van der Waals surface area contributed by atoms with Crippen LogP contribution in [0.4, 0.5) is 0 Å². The van der Waals surface area contributed by atoms with E-state index >= 15 is 0 Å². The maximum atomic E-state index is 10.8. The van der Waals surface area contributed by atoms with Gasteiger partial charge in [-0.1, -0.05) is 24.4 Å². The molecule has 1 aromatic carbocycles. The number of aryl methyl sites for hydroxylation is 1. The largest absolute Gasteiger partial charge is 0.350 e. The highest BCUT2D eigenvalue weighted by atomic mass is 35.5. The number of hydrogen-bond acceptors (Lipinski definition) is 2. The normalized spacial score (nSPS) is 17.6. The molecule has 1 aromatic heterocycles. The summed E-state index contributed by atoms with van der Waals surface area (Å²) in [4.78, 5) is 14.9. The Bertz CT molecular complexity index is 677. The Morgan fingerprint density at radius 2 is 2.11 bits per heavy atom. The highest BCUT2D eigenvalue weighted by Crippen LogP contribution is 2.44. The second kappa shape index (κ2) is 4.52. The van der Waals surface area contributed by atoms with Gasteiger partial charge < -0.3 is 4.57 Å². The maximum absolute atomic E-state index is 10.8. The van der Waals surface area contributed by atoms with Gasteiger partial charge >= 0.3 is 0 Å². The van der Waals surface area contributed by atoms with Crippen LogP contribution in [-0.4, -0.2) is 10.6 Å². The minimum atomic E-state index is -0.413. The van der Waals surface area contributed by atoms with Gasteiger partial charge in [-0.15, -0.1) is 0 Å². The van der Waals surface area contributed by atoms with Crippen molar-refractivity contribution in [1.29, 1.82) is 0 Å². The Kier molecular flexibility index (Phi) is 2.96. The van der Waals surface area contributed by atoms with Crippen LogP contribution in [0.1, 0.15) is 31.2 Å². The third-order valence-electron chi connectivity index (χ3n) is 4.18. The predicted octanol–water partition coefficient (Wildman–Crippen LogP) is 3.94. The molecule has 0 radical (unpaired) electrons. The van der Waals surface area contributed by atoms with E-state index in [0.717, 1.165) is 47.2 Å². The van der Waals surface area contributed by atoms with Crippen molar-refractivity contribution < 1.29 is 4.79 Å². The standard InChI is InChI=1S/C15H15ClN2O/c1-18-7-4-12-13(16)8-11(9-14(12)18)15(17-10-19)5-2-3-6-15/h4,7-9H,2-3,5-6H2,1H3. The Morgan fingerprint density at radius 3 is 2.79 bits per heavy atom. The molecular formula is C15H15ClN2O. The van der Waals surface area contributed by atoms with E-state index in [1.807, 2.05) is 29.9 Å². The summed E-state index contributed by atoms with van der Waals surface area (Å²) in [5.74, 6) is 0. The van der Waals surface area contributed by atoms with E-state index in [1.54, 1.807) is 6.08 Å². The molecule has 0 unspecified atom stereocenters. The monoisotopic (exact) mass is 274 g/mol. The second-order valence-electron chi connectivity index (χ2n) is 5.26. The van der Waals surface area contributed by atoms with Crippen LogP contribution in [0.25, 0.3) is 10.9 Å². The Hall–Kier alpha value is -1.57. The van der Waals surface area contributed by atoms with Gasteiger partial charge in [0.1, 0.15) is 0 Å². The number of rotatable bonds is 2. The molecule has 98 valence electrons. The smallest absolute Gasteiger partial charge is 0.235 e. The van der Waals surface area contributed by atoms with E-state index in [1.165, 1.54) is 0 Å². The Balaban J connectivity index is 2.24. The van der Waals surface area contributed by atoms with Crippen molar-refractivity contribution >= 4 is 28.6 Å². The Labute approximate surface area is 116 Å². The van der Waals surface area contributed by atoms with Gasteiger partial charge in [-0.25, -0.2) is 4.79 Å². The molecule has 4 heteroatoms. The molecule has 0 spiro atoms. The van der Waals surface area contributed by atoms with Gasteiger partial charge in [0.05, 0.1) is 10.6 Å². The van der Waals surface area contributed by atoms with Crippen molar-refractivity contribution in [2.75, 3.05) is 0 Å². The number of aliphatic imine (C=N–C) groups is 1. The fourth-order valence-corrected chi connectivity index (χ4v) is 3.39. The SMILES string of the molecule is Cn1ccc2c(Cl)cc(C3(N=C=O)CCCC3)cc21. The van der Waals surface area contributed by atoms with Gasteiger partial charge in [0.25, 0.3) is 0 Å². The summed E-state index contributed by atoms with van der Waals surface area (Å²) in [6.45, 7) is 0. The van der Waals surface area contributed by atoms with Crippen LogP contribution >= 0.6 is 11.6 Å². The van der Waals surface area contributed by atoms with Crippen LogP contribution in [0.5, 0.6) is 0 Å². The van der Waals surface area contributed by atoms with E-state index in [4.69, 9.17) is 11.6 Å². The van der Waals surface area contributed by atoms with Crippen LogP contribution in [0.3, 0.4) is 0 Å². The molecule has 0 amide bonds. The Morgan fingerprint density at radius 1 is 1.37 bits per heavy atom. The first-order valence-corrected chi connectivity index (χ1v) is 6.88. The second-order valence-corrected chi connectivity index (χ2v) is 5.67. The molecule has 0 bridgehead atoms. The summed E-state index contributed by atoms with van der Waals surface area (Å²) in [6.07, 6.45) is 7.72. The lowest BCUT2D eigenvalue weighted by Crippen LogP contribution is -2.19. The van der Waals surface area contributed by atoms with E-state index in [2.05, 4.69) is 11.1 Å². The number of isocyanates is 1. The molecular weight excluding hydrogens is 260 g/mol. The van der Waals surface area contributed by atoms with Crippen LogP contribution in [0.2, 0.25) is 5.02 Å². The summed E-state index contributed by atoms with van der Waals surface area (Å²) in [7, 11) is 1.99. The summed E-state index contributed by atoms with van der Waals surface area (Å²) >= 11 is 6.36. The first kappa shape index (κ1) is 12.5. The number of nitrogens with zero attached hydrogens (tertiary/aromatic N) is 2. The molecule has 19 heavy (non-hydrogen) atoms. The summed E-state index contributed by atoms with van der Waals surface area (Å²) in [5, 5.41) is 1.76. The summed E-state index contributed by atoms with van der Waals surface area (Å²) in [6, 6.07) is 6.06. The zero-order valence-corrected chi connectivity index (χ0v) is 11.6. The number of benzene rings is 1. The topological polar surface area (TPSA) is 34.4 Å². The van der Waals surface area contributed by atoms with Gasteiger partial charge in [-0.3, -0.25) is 0 Å². The lowest BCUT2D eigenvalue weighted by molar-refractivity contribution is 0.456. The van der Waals surface area contributed by atoms with Gasteiger partial charge in [0.15, 0.2) is 0 Å². The highest BCUT2D eigenvalue weighted by molar-refractivity contribution is 6.35. The number of fused-ring (bicyclic) bond motifs is 1. The van der Waals surface area contributed by atoms with Crippen molar-refractivity contribution in [3.8, 4) is 0 Å². The molecule has 0 N–H and O–H groups in total. The van der Waals surface area contributed by atoms with Crippen LogP contribution in [-0.2, 0) is 17.4 Å². The number of carbonyl (C=O) groups excluding carboxylic acids is 1. The van der Waals surface area contributed by atoms with Crippen molar-refractivity contribution in [2.24, 2.45) is 12.0 Å². The third kappa shape index (κ3) is 1.90. The first-order chi connectivity index (χ1) is 9.16. The van der Waals surface area contributed by atoms with Crippen LogP contribution < -0.4 is 0 Å². The molecule has 1 saturated carbocycles. The van der Waals surface area contributed by atoms with Gasteiger partial charge in [-0.05, 0) is 36.6 Å². The van der Waals surface area contributed by atoms with E-state index in [9.17, 15) is 4.79 Å². The summed E-state index contributed by atoms with van der Waals surface area (Å²) < 4.78 is 2.04. The summed E-state index contributed by atoms with van der Waals surface area (Å²) in [5.41, 5.74) is 1.70. The predicted molar refractivity (Wildman–Crippen MR) is 76.2 cm³/mol. The fraction of sp³-hybridized carbons (Fsp3) is 0.400. The zero-order chi connectivity index (χ0) is 13.5. The molecule has 0 atom stereocenters. The van der Waals surface area contributed by atoms with Gasteiger partial charge in [-0.2, -0.15) is 4.99 Å². The zero-order valence-electron chi connectivity index (χ0n) is 10.8. The van der Waals surface area contributed by atoms with Crippen molar-refractivity contribution in [3.63, 3.8) is 0 Å². The van der Waals surface area contributed by atoms with E-state index < -0.39 is 5.54 Å². The van der Waals surface area contributed by atoms with E-state index in [0.29, 0.717) is 0 Å². The molecule has 3 rings (SSSR count). The number of halogens is 1. The van der Waals surface area contributed by atoms with Gasteiger partial charge in [0, 0.05) is 24.1 Å². The highest BCUT2D eigenvalue weighted by Gasteiger charge is 2.36. The van der Waals surface area contributed by atoms with Crippen molar-refractivity contribution in [2.45, 2.75) is 31.2 Å². The molecule has 1 heterocycles. The lowest BCUT2D eigenvalue weighted by Gasteiger charge is -2.23. The number of aromatic nitrogens is 1. The van der Waals surface area contributed by atoms with Crippen molar-refractivity contribution in [1.82, 2.24) is 4.57 Å². The van der Waals surface area contributed by atoms with Gasteiger partial charge in [0.2, 0.25) is 6.08 Å². The quantitative estimate of drug-likeness (QED) is 0.603. The van der Waals surface area contributed by atoms with E-state index in [-0.39, 0.29) is 0 Å². The number of hydrogen-bond donors (Lipinski definition) is 0. The fourth-order valence-electron chi connectivity index (χ4n) is 3.11. The average molecular weight is 275 g/mol. The molecule has 2 aromatic rings. The molecule has 0 saturated heterocycles. The molecule has 0 aliphatic heterocycles. The molecule has 3 nitrogen and oxygen atoms in total. The maximum Gasteiger partial charge on any atom is 0.235 e. The minimum absolute atomic E-state index is 0.413. The third-order valence-corrected chi connectivity index (χ3v) is 4.49. The first-order valence-electron chi connectivity index (χ1n) is 6.50. The van der Waals surface area contributed by atoms with Crippen molar-refractivity contribution in [3.05, 3.63) is 35.0 Å². The minimum Gasteiger partial charge on any atom is -0.350 e. The van der Waals surface area contributed by atoms with Crippen LogP contribution in [0, 0.1) is 0 Å². The molecule has 1 aliphatic carbocycles. The molecule has 1 aliphatic rings.